The van der Waals surface area contributed by atoms with E-state index in [4.69, 9.17) is 4.74 Å². The fourth-order valence-electron chi connectivity index (χ4n) is 5.39. The molecule has 1 atom stereocenters. The lowest BCUT2D eigenvalue weighted by atomic mass is 9.97. The number of nitrogens with zero attached hydrogens (tertiary/aromatic N) is 2. The van der Waals surface area contributed by atoms with E-state index in [1.54, 1.807) is 0 Å². The van der Waals surface area contributed by atoms with Crippen LogP contribution in [0.3, 0.4) is 0 Å². The van der Waals surface area contributed by atoms with Gasteiger partial charge in [0.15, 0.2) is 5.78 Å². The minimum atomic E-state index is -0.222. The summed E-state index contributed by atoms with van der Waals surface area (Å²) in [5, 5.41) is 0.923. The Bertz CT molecular complexity index is 1420. The van der Waals surface area contributed by atoms with E-state index in [1.165, 1.54) is 18.2 Å². The highest BCUT2D eigenvalue weighted by atomic mass is 16.5. The van der Waals surface area contributed by atoms with E-state index in [9.17, 15) is 9.59 Å². The van der Waals surface area contributed by atoms with Crippen molar-refractivity contribution >= 4 is 28.3 Å². The largest absolute Gasteiger partial charge is 0.469 e. The molecule has 0 aliphatic rings. The van der Waals surface area contributed by atoms with Gasteiger partial charge in [-0.2, -0.15) is 0 Å². The average molecular weight is 525 g/mol. The second-order valence-electron chi connectivity index (χ2n) is 10.7. The number of hydrogen-bond donors (Lipinski definition) is 0. The Balaban J connectivity index is 1.58. The zero-order valence-electron chi connectivity index (χ0n) is 23.8. The van der Waals surface area contributed by atoms with Gasteiger partial charge in [0.25, 0.3) is 0 Å². The summed E-state index contributed by atoms with van der Waals surface area (Å²) in [4.78, 5) is 27.6. The number of benzene rings is 3. The van der Waals surface area contributed by atoms with Gasteiger partial charge in [-0.3, -0.25) is 9.59 Å². The van der Waals surface area contributed by atoms with Crippen molar-refractivity contribution in [2.24, 2.45) is 5.92 Å². The summed E-state index contributed by atoms with van der Waals surface area (Å²) < 4.78 is 6.84. The van der Waals surface area contributed by atoms with Crippen LogP contribution in [0.15, 0.2) is 79.0 Å². The number of esters is 1. The van der Waals surface area contributed by atoms with E-state index in [0.29, 0.717) is 36.4 Å². The molecule has 0 N–H and O–H groups in total. The van der Waals surface area contributed by atoms with Crippen molar-refractivity contribution in [1.29, 1.82) is 0 Å². The molecule has 1 aromatic heterocycles. The van der Waals surface area contributed by atoms with Gasteiger partial charge in [-0.25, -0.2) is 0 Å². The topological polar surface area (TPSA) is 51.5 Å². The molecule has 5 heteroatoms. The molecular weight excluding hydrogens is 484 g/mol. The van der Waals surface area contributed by atoms with Gasteiger partial charge < -0.3 is 14.2 Å². The summed E-state index contributed by atoms with van der Waals surface area (Å²) in [5.41, 5.74) is 5.99. The summed E-state index contributed by atoms with van der Waals surface area (Å²) in [6, 6.07) is 25.1. The van der Waals surface area contributed by atoms with Crippen molar-refractivity contribution in [3.8, 4) is 0 Å². The highest BCUT2D eigenvalue weighted by Gasteiger charge is 2.20. The van der Waals surface area contributed by atoms with Gasteiger partial charge in [0.2, 0.25) is 0 Å². The Hall–Kier alpha value is -3.86. The minimum absolute atomic E-state index is 0.000690. The molecule has 3 aromatic carbocycles. The summed E-state index contributed by atoms with van der Waals surface area (Å²) in [6.07, 6.45) is 4.96. The first-order chi connectivity index (χ1) is 18.8. The van der Waals surface area contributed by atoms with Crippen LogP contribution in [0.25, 0.3) is 10.9 Å². The van der Waals surface area contributed by atoms with E-state index in [-0.39, 0.29) is 17.8 Å². The lowest BCUT2D eigenvalue weighted by Gasteiger charge is -2.30. The maximum absolute atomic E-state index is 13.8. The number of aromatic nitrogens is 1. The molecule has 4 rings (SSSR count). The van der Waals surface area contributed by atoms with Gasteiger partial charge in [0, 0.05) is 53.9 Å². The third-order valence-corrected chi connectivity index (χ3v) is 7.42. The molecule has 0 amide bonds. The standard InChI is InChI=1S/C34H40N2O3/c1-6-31(26-18-16-25(17-19-26)21-24(2)3)35(4)28-12-9-11-27(22-28)34(38)30-23-36(20-10-15-33(37)39-5)32-14-8-7-13-29(30)32/h7-9,11-14,16-19,22-24,31H,6,10,15,20-21H2,1-5H3. The summed E-state index contributed by atoms with van der Waals surface area (Å²) in [7, 11) is 3.51. The highest BCUT2D eigenvalue weighted by molar-refractivity contribution is 6.16. The fourth-order valence-corrected chi connectivity index (χ4v) is 5.39. The Morgan fingerprint density at radius 3 is 2.41 bits per heavy atom. The quantitative estimate of drug-likeness (QED) is 0.141. The minimum Gasteiger partial charge on any atom is -0.469 e. The van der Waals surface area contributed by atoms with E-state index in [1.807, 2.05) is 48.7 Å². The highest BCUT2D eigenvalue weighted by Crippen LogP contribution is 2.31. The van der Waals surface area contributed by atoms with E-state index < -0.39 is 0 Å². The van der Waals surface area contributed by atoms with Crippen LogP contribution >= 0.6 is 0 Å². The van der Waals surface area contributed by atoms with Crippen LogP contribution in [0.4, 0.5) is 5.69 Å². The number of fused-ring (bicyclic) bond motifs is 1. The molecular formula is C34H40N2O3. The molecule has 0 aliphatic carbocycles. The molecule has 1 heterocycles. The molecule has 204 valence electrons. The van der Waals surface area contributed by atoms with Crippen LogP contribution in [-0.4, -0.2) is 30.5 Å². The summed E-state index contributed by atoms with van der Waals surface area (Å²) in [5.74, 6) is 0.412. The smallest absolute Gasteiger partial charge is 0.305 e. The number of carbonyl (C=O) groups is 2. The van der Waals surface area contributed by atoms with Crippen molar-refractivity contribution < 1.29 is 14.3 Å². The number of methoxy groups -OCH3 is 1. The Morgan fingerprint density at radius 2 is 1.72 bits per heavy atom. The monoisotopic (exact) mass is 524 g/mol. The maximum Gasteiger partial charge on any atom is 0.305 e. The molecule has 0 saturated heterocycles. The molecule has 0 fully saturated rings. The number of carbonyl (C=O) groups excluding carboxylic acids is 2. The molecule has 1 unspecified atom stereocenters. The van der Waals surface area contributed by atoms with Crippen molar-refractivity contribution in [2.75, 3.05) is 19.1 Å². The molecule has 5 nitrogen and oxygen atoms in total. The van der Waals surface area contributed by atoms with E-state index >= 15 is 0 Å². The van der Waals surface area contributed by atoms with Crippen LogP contribution in [-0.2, 0) is 22.5 Å². The maximum atomic E-state index is 13.8. The number of anilines is 1. The predicted octanol–water partition coefficient (Wildman–Crippen LogP) is 7.61. The number of para-hydroxylation sites is 1. The molecule has 39 heavy (non-hydrogen) atoms. The Labute approximate surface area is 232 Å². The zero-order valence-corrected chi connectivity index (χ0v) is 23.8. The number of hydrogen-bond acceptors (Lipinski definition) is 4. The van der Waals surface area contributed by atoms with Crippen molar-refractivity contribution in [3.63, 3.8) is 0 Å². The van der Waals surface area contributed by atoms with Crippen LogP contribution < -0.4 is 4.90 Å². The third-order valence-electron chi connectivity index (χ3n) is 7.42. The summed E-state index contributed by atoms with van der Waals surface area (Å²) in [6.45, 7) is 7.33. The van der Waals surface area contributed by atoms with Crippen LogP contribution in [0.2, 0.25) is 0 Å². The first-order valence-electron chi connectivity index (χ1n) is 13.9. The second-order valence-corrected chi connectivity index (χ2v) is 10.7. The number of ketones is 1. The normalized spacial score (nSPS) is 12.1. The van der Waals surface area contributed by atoms with Gasteiger partial charge in [0.05, 0.1) is 13.2 Å². The van der Waals surface area contributed by atoms with Crippen molar-refractivity contribution in [2.45, 2.75) is 59.0 Å². The lowest BCUT2D eigenvalue weighted by Crippen LogP contribution is -2.24. The Kier molecular flexibility index (Phi) is 9.23. The van der Waals surface area contributed by atoms with Crippen molar-refractivity contribution in [1.82, 2.24) is 4.57 Å². The third kappa shape index (κ3) is 6.59. The number of aryl methyl sites for hydroxylation is 1. The fraction of sp³-hybridized carbons (Fsp3) is 0.353. The molecule has 4 aromatic rings. The SMILES string of the molecule is CCC(c1ccc(CC(C)C)cc1)N(C)c1cccc(C(=O)c2cn(CCCC(=O)OC)c3ccccc23)c1. The second kappa shape index (κ2) is 12.8. The lowest BCUT2D eigenvalue weighted by molar-refractivity contribution is -0.140. The van der Waals surface area contributed by atoms with Crippen LogP contribution in [0.5, 0.6) is 0 Å². The van der Waals surface area contributed by atoms with Gasteiger partial charge in [0.1, 0.15) is 0 Å². The summed E-state index contributed by atoms with van der Waals surface area (Å²) >= 11 is 0. The zero-order chi connectivity index (χ0) is 27.9. The molecule has 0 aliphatic heterocycles. The first-order valence-corrected chi connectivity index (χ1v) is 13.9. The molecule has 0 radical (unpaired) electrons. The van der Waals surface area contributed by atoms with Gasteiger partial charge in [-0.05, 0) is 54.5 Å². The van der Waals surface area contributed by atoms with Gasteiger partial charge in [-0.15, -0.1) is 0 Å². The molecule has 0 bridgehead atoms. The number of ether oxygens (including phenoxy) is 1. The van der Waals surface area contributed by atoms with E-state index in [0.717, 1.165) is 29.4 Å². The molecule has 0 saturated carbocycles. The van der Waals surface area contributed by atoms with E-state index in [2.05, 4.69) is 67.6 Å². The Morgan fingerprint density at radius 1 is 0.974 bits per heavy atom. The average Bonchev–Trinajstić information content (AvgIpc) is 3.32. The van der Waals surface area contributed by atoms with Crippen LogP contribution in [0.1, 0.15) is 73.1 Å². The molecule has 0 spiro atoms. The first kappa shape index (κ1) is 28.2. The van der Waals surface area contributed by atoms with Crippen LogP contribution in [0, 0.1) is 5.92 Å². The van der Waals surface area contributed by atoms with Crippen molar-refractivity contribution in [3.05, 3.63) is 101 Å². The number of rotatable bonds is 12. The van der Waals surface area contributed by atoms with Gasteiger partial charge in [-0.1, -0.05) is 75.4 Å². The van der Waals surface area contributed by atoms with Gasteiger partial charge >= 0.3 is 5.97 Å². The predicted molar refractivity (Wildman–Crippen MR) is 159 cm³/mol.